The van der Waals surface area contributed by atoms with E-state index in [0.29, 0.717) is 24.3 Å². The monoisotopic (exact) mass is 291 g/mol. The Kier molecular flexibility index (Phi) is 6.61. The van der Waals surface area contributed by atoms with E-state index in [9.17, 15) is 4.79 Å². The number of nitrogens with zero attached hydrogens (tertiary/aromatic N) is 2. The highest BCUT2D eigenvalue weighted by molar-refractivity contribution is 5.97. The smallest absolute Gasteiger partial charge is 0.252 e. The van der Waals surface area contributed by atoms with E-state index in [1.807, 2.05) is 6.92 Å². The van der Waals surface area contributed by atoms with Gasteiger partial charge in [-0.3, -0.25) is 9.89 Å². The minimum absolute atomic E-state index is 0. The number of aryl methyl sites for hydroxylation is 1. The van der Waals surface area contributed by atoms with Crippen LogP contribution in [0.2, 0.25) is 0 Å². The van der Waals surface area contributed by atoms with Crippen LogP contribution >= 0.6 is 24.8 Å². The second kappa shape index (κ2) is 7.15. The quantitative estimate of drug-likeness (QED) is 0.779. The van der Waals surface area contributed by atoms with Gasteiger partial charge in [0.1, 0.15) is 0 Å². The maximum Gasteiger partial charge on any atom is 0.252 e. The Bertz CT molecular complexity index is 528. The summed E-state index contributed by atoms with van der Waals surface area (Å²) in [4.78, 5) is 15.7. The lowest BCUT2D eigenvalue weighted by Crippen LogP contribution is -2.29. The van der Waals surface area contributed by atoms with Gasteiger partial charge in [-0.1, -0.05) is 0 Å². The molecule has 1 amide bonds. The second-order valence-electron chi connectivity index (χ2n) is 3.49. The molecule has 0 aromatic carbocycles. The number of pyridine rings is 1. The van der Waals surface area contributed by atoms with Crippen LogP contribution in [0, 0.1) is 6.92 Å². The van der Waals surface area contributed by atoms with Crippen LogP contribution in [0.4, 0.5) is 0 Å². The molecule has 0 aliphatic rings. The highest BCUT2D eigenvalue weighted by Crippen LogP contribution is 2.14. The van der Waals surface area contributed by atoms with E-state index < -0.39 is 0 Å². The van der Waals surface area contributed by atoms with Crippen LogP contribution in [-0.4, -0.2) is 34.2 Å². The van der Waals surface area contributed by atoms with Crippen LogP contribution in [0.5, 0.6) is 0 Å². The normalized spacial score (nSPS) is 9.44. The zero-order chi connectivity index (χ0) is 11.5. The number of hydrogen-bond acceptors (Lipinski definition) is 4. The molecule has 0 bridgehead atoms. The average Bonchev–Trinajstić information content (AvgIpc) is 2.67. The third kappa shape index (κ3) is 3.32. The molecule has 2 rings (SSSR count). The summed E-state index contributed by atoms with van der Waals surface area (Å²) >= 11 is 0. The van der Waals surface area contributed by atoms with Crippen molar-refractivity contribution in [3.05, 3.63) is 23.5 Å². The molecule has 4 N–H and O–H groups in total. The molecular formula is C10H15Cl2N5O. The zero-order valence-corrected chi connectivity index (χ0v) is 11.4. The van der Waals surface area contributed by atoms with Crippen LogP contribution in [0.15, 0.2) is 12.3 Å². The van der Waals surface area contributed by atoms with E-state index >= 15 is 0 Å². The van der Waals surface area contributed by atoms with E-state index in [1.165, 1.54) is 6.20 Å². The first-order valence-corrected chi connectivity index (χ1v) is 5.01. The van der Waals surface area contributed by atoms with E-state index in [4.69, 9.17) is 5.73 Å². The van der Waals surface area contributed by atoms with Gasteiger partial charge in [0.05, 0.1) is 5.56 Å². The summed E-state index contributed by atoms with van der Waals surface area (Å²) in [5, 5.41) is 10.4. The van der Waals surface area contributed by atoms with Crippen molar-refractivity contribution in [2.75, 3.05) is 13.1 Å². The second-order valence-corrected chi connectivity index (χ2v) is 3.49. The topological polar surface area (TPSA) is 96.7 Å². The number of aromatic nitrogens is 3. The van der Waals surface area contributed by atoms with Crippen molar-refractivity contribution in [2.24, 2.45) is 5.73 Å². The van der Waals surface area contributed by atoms with Gasteiger partial charge in [0.2, 0.25) is 0 Å². The molecule has 2 heterocycles. The number of fused-ring (bicyclic) bond motifs is 1. The fraction of sp³-hybridized carbons (Fsp3) is 0.300. The number of hydrogen-bond donors (Lipinski definition) is 3. The number of halogens is 2. The number of rotatable bonds is 3. The molecular weight excluding hydrogens is 277 g/mol. The first kappa shape index (κ1) is 16.6. The summed E-state index contributed by atoms with van der Waals surface area (Å²) in [5.74, 6) is -0.166. The summed E-state index contributed by atoms with van der Waals surface area (Å²) < 4.78 is 0. The lowest BCUT2D eigenvalue weighted by Gasteiger charge is -2.02. The number of nitrogens with two attached hydrogens (primary N) is 1. The summed E-state index contributed by atoms with van der Waals surface area (Å²) in [6, 6.07) is 1.77. The van der Waals surface area contributed by atoms with Crippen LogP contribution in [-0.2, 0) is 0 Å². The molecule has 0 radical (unpaired) electrons. The molecule has 2 aromatic rings. The van der Waals surface area contributed by atoms with Crippen molar-refractivity contribution in [1.29, 1.82) is 0 Å². The number of aromatic amines is 1. The van der Waals surface area contributed by atoms with E-state index in [1.54, 1.807) is 6.07 Å². The maximum absolute atomic E-state index is 11.6. The minimum Gasteiger partial charge on any atom is -0.351 e. The molecule has 0 fully saturated rings. The van der Waals surface area contributed by atoms with Gasteiger partial charge in [0.15, 0.2) is 5.65 Å². The van der Waals surface area contributed by atoms with Crippen molar-refractivity contribution < 1.29 is 4.79 Å². The van der Waals surface area contributed by atoms with Crippen molar-refractivity contribution in [3.8, 4) is 0 Å². The highest BCUT2D eigenvalue weighted by atomic mass is 35.5. The number of carbonyl (C=O) groups excluding carboxylic acids is 1. The summed E-state index contributed by atoms with van der Waals surface area (Å²) in [6.07, 6.45) is 1.51. The summed E-state index contributed by atoms with van der Waals surface area (Å²) in [7, 11) is 0. The predicted octanol–water partition coefficient (Wildman–Crippen LogP) is 0.798. The first-order chi connectivity index (χ1) is 7.72. The number of H-pyrrole nitrogens is 1. The molecule has 0 saturated carbocycles. The number of carbonyl (C=O) groups is 1. The summed E-state index contributed by atoms with van der Waals surface area (Å²) in [5.41, 5.74) is 7.34. The third-order valence-corrected chi connectivity index (χ3v) is 2.29. The van der Waals surface area contributed by atoms with Gasteiger partial charge in [-0.2, -0.15) is 5.10 Å². The van der Waals surface area contributed by atoms with Gasteiger partial charge in [-0.05, 0) is 13.0 Å². The predicted molar refractivity (Wildman–Crippen MR) is 74.5 cm³/mol. The standard InChI is InChI=1S/C10H13N5O.2ClH/c1-6-8-4-7(10(16)12-3-2-11)5-13-9(8)15-14-6;;/h4-5H,2-3,11H2,1H3,(H,12,16)(H,13,14,15);2*1H. The molecule has 2 aromatic heterocycles. The van der Waals surface area contributed by atoms with Crippen molar-refractivity contribution in [1.82, 2.24) is 20.5 Å². The molecule has 100 valence electrons. The SMILES string of the molecule is Cc1[nH]nc2ncc(C(=O)NCCN)cc12.Cl.Cl. The molecule has 0 aliphatic carbocycles. The van der Waals surface area contributed by atoms with E-state index in [0.717, 1.165) is 11.1 Å². The maximum atomic E-state index is 11.6. The third-order valence-electron chi connectivity index (χ3n) is 2.29. The van der Waals surface area contributed by atoms with Crippen LogP contribution in [0.25, 0.3) is 11.0 Å². The van der Waals surface area contributed by atoms with Gasteiger partial charge in [0.25, 0.3) is 5.91 Å². The molecule has 0 unspecified atom stereocenters. The summed E-state index contributed by atoms with van der Waals surface area (Å²) in [6.45, 7) is 2.77. The van der Waals surface area contributed by atoms with Crippen molar-refractivity contribution >= 4 is 41.8 Å². The Hall–Kier alpha value is -1.37. The Balaban J connectivity index is 0.00000144. The first-order valence-electron chi connectivity index (χ1n) is 5.01. The zero-order valence-electron chi connectivity index (χ0n) is 9.77. The molecule has 0 aliphatic heterocycles. The number of amides is 1. The highest BCUT2D eigenvalue weighted by Gasteiger charge is 2.09. The van der Waals surface area contributed by atoms with Crippen LogP contribution in [0.1, 0.15) is 16.1 Å². The van der Waals surface area contributed by atoms with E-state index in [-0.39, 0.29) is 30.7 Å². The fourth-order valence-electron chi connectivity index (χ4n) is 1.43. The molecule has 8 heteroatoms. The lowest BCUT2D eigenvalue weighted by molar-refractivity contribution is 0.0954. The fourth-order valence-corrected chi connectivity index (χ4v) is 1.43. The van der Waals surface area contributed by atoms with Crippen LogP contribution < -0.4 is 11.1 Å². The Morgan fingerprint density at radius 3 is 2.89 bits per heavy atom. The number of nitrogens with one attached hydrogen (secondary N) is 2. The van der Waals surface area contributed by atoms with Gasteiger partial charge in [-0.25, -0.2) is 4.98 Å². The molecule has 6 nitrogen and oxygen atoms in total. The molecule has 18 heavy (non-hydrogen) atoms. The Morgan fingerprint density at radius 1 is 1.50 bits per heavy atom. The largest absolute Gasteiger partial charge is 0.351 e. The van der Waals surface area contributed by atoms with Gasteiger partial charge in [-0.15, -0.1) is 24.8 Å². The van der Waals surface area contributed by atoms with E-state index in [2.05, 4.69) is 20.5 Å². The molecule has 0 atom stereocenters. The Morgan fingerprint density at radius 2 is 2.22 bits per heavy atom. The lowest BCUT2D eigenvalue weighted by atomic mass is 10.2. The molecule has 0 saturated heterocycles. The van der Waals surface area contributed by atoms with Crippen molar-refractivity contribution in [2.45, 2.75) is 6.92 Å². The van der Waals surface area contributed by atoms with Crippen molar-refractivity contribution in [3.63, 3.8) is 0 Å². The minimum atomic E-state index is -0.166. The van der Waals surface area contributed by atoms with Crippen LogP contribution in [0.3, 0.4) is 0 Å². The van der Waals surface area contributed by atoms with Gasteiger partial charge in [0, 0.05) is 30.4 Å². The average molecular weight is 292 g/mol. The van der Waals surface area contributed by atoms with Gasteiger partial charge < -0.3 is 11.1 Å². The Labute approximate surface area is 117 Å². The molecule has 0 spiro atoms. The van der Waals surface area contributed by atoms with Gasteiger partial charge >= 0.3 is 0 Å².